The lowest BCUT2D eigenvalue weighted by Crippen LogP contribution is -2.13. The summed E-state index contributed by atoms with van der Waals surface area (Å²) in [5.74, 6) is -0.614. The maximum Gasteiger partial charge on any atom is 0.267 e. The van der Waals surface area contributed by atoms with Gasteiger partial charge in [-0.2, -0.15) is 0 Å². The second-order valence-electron chi connectivity index (χ2n) is 3.57. The number of amides is 1. The van der Waals surface area contributed by atoms with E-state index in [1.54, 1.807) is 13.0 Å². The smallest absolute Gasteiger partial charge is 0.267 e. The number of nitrogens with zero attached hydrogens (tertiary/aromatic N) is 1. The van der Waals surface area contributed by atoms with Crippen LogP contribution < -0.4 is 5.73 Å². The molecule has 0 unspecified atom stereocenters. The zero-order chi connectivity index (χ0) is 12.7. The Morgan fingerprint density at radius 3 is 2.47 bits per heavy atom. The van der Waals surface area contributed by atoms with Crippen LogP contribution in [0.1, 0.15) is 16.1 Å². The first-order valence-corrected chi connectivity index (χ1v) is 5.80. The third kappa shape index (κ3) is 2.06. The van der Waals surface area contributed by atoms with Gasteiger partial charge in [0.05, 0.1) is 20.6 Å². The minimum Gasteiger partial charge on any atom is -0.364 e. The summed E-state index contributed by atoms with van der Waals surface area (Å²) >= 11 is 18.0. The zero-order valence-corrected chi connectivity index (χ0v) is 11.0. The molecule has 0 radical (unpaired) electrons. The van der Waals surface area contributed by atoms with Crippen molar-refractivity contribution in [1.82, 2.24) is 4.98 Å². The van der Waals surface area contributed by atoms with Crippen molar-refractivity contribution in [2.45, 2.75) is 6.92 Å². The summed E-state index contributed by atoms with van der Waals surface area (Å²) in [6.45, 7) is 1.79. The largest absolute Gasteiger partial charge is 0.364 e. The lowest BCUT2D eigenvalue weighted by molar-refractivity contribution is 0.0996. The van der Waals surface area contributed by atoms with Gasteiger partial charge >= 0.3 is 0 Å². The molecule has 2 aromatic rings. The Hall–Kier alpha value is -1.03. The molecule has 0 saturated heterocycles. The molecule has 3 nitrogen and oxygen atoms in total. The van der Waals surface area contributed by atoms with Gasteiger partial charge in [0.15, 0.2) is 0 Å². The number of hydrogen-bond donors (Lipinski definition) is 1. The van der Waals surface area contributed by atoms with E-state index in [0.717, 1.165) is 5.56 Å². The first kappa shape index (κ1) is 12.4. The van der Waals surface area contributed by atoms with Gasteiger partial charge in [0.2, 0.25) is 0 Å². The standard InChI is InChI=1S/C11H7Cl3N2O/c1-4-2-7(11(15)17)16-10-6(13)3-5(12)9(14)8(4)10/h2-3H,1H3,(H2,15,17). The summed E-state index contributed by atoms with van der Waals surface area (Å²) in [7, 11) is 0. The molecule has 2 N–H and O–H groups in total. The Morgan fingerprint density at radius 1 is 1.24 bits per heavy atom. The van der Waals surface area contributed by atoms with Gasteiger partial charge in [-0.25, -0.2) is 4.98 Å². The Kier molecular flexibility index (Phi) is 3.17. The summed E-state index contributed by atoms with van der Waals surface area (Å²) in [5.41, 5.74) is 6.51. The Labute approximate surface area is 112 Å². The van der Waals surface area contributed by atoms with Crippen LogP contribution in [0.4, 0.5) is 0 Å². The van der Waals surface area contributed by atoms with Gasteiger partial charge in [-0.3, -0.25) is 4.79 Å². The van der Waals surface area contributed by atoms with E-state index in [1.165, 1.54) is 6.07 Å². The van der Waals surface area contributed by atoms with E-state index in [2.05, 4.69) is 4.98 Å². The van der Waals surface area contributed by atoms with Crippen molar-refractivity contribution in [3.8, 4) is 0 Å². The van der Waals surface area contributed by atoms with Crippen LogP contribution in [-0.2, 0) is 0 Å². The second-order valence-corrected chi connectivity index (χ2v) is 4.76. The highest BCUT2D eigenvalue weighted by molar-refractivity contribution is 6.47. The molecular weight excluding hydrogens is 282 g/mol. The third-order valence-corrected chi connectivity index (χ3v) is 3.45. The highest BCUT2D eigenvalue weighted by atomic mass is 35.5. The fourth-order valence-corrected chi connectivity index (χ4v) is 2.41. The first-order chi connectivity index (χ1) is 7.91. The summed E-state index contributed by atoms with van der Waals surface area (Å²) in [6, 6.07) is 3.05. The molecule has 1 heterocycles. The van der Waals surface area contributed by atoms with Crippen LogP contribution in [0.15, 0.2) is 12.1 Å². The summed E-state index contributed by atoms with van der Waals surface area (Å²) in [5, 5.41) is 1.68. The Bertz CT molecular complexity index is 640. The third-order valence-electron chi connectivity index (χ3n) is 2.38. The molecule has 2 rings (SSSR count). The number of halogens is 3. The molecule has 0 aliphatic heterocycles. The number of carbonyl (C=O) groups excluding carboxylic acids is 1. The predicted octanol–water partition coefficient (Wildman–Crippen LogP) is 3.60. The number of carbonyl (C=O) groups is 1. The molecule has 0 fully saturated rings. The monoisotopic (exact) mass is 288 g/mol. The fraction of sp³-hybridized carbons (Fsp3) is 0.0909. The van der Waals surface area contributed by atoms with Crippen molar-refractivity contribution in [3.05, 3.63) is 38.5 Å². The summed E-state index contributed by atoms with van der Waals surface area (Å²) in [6.07, 6.45) is 0. The minimum atomic E-state index is -0.614. The van der Waals surface area contributed by atoms with E-state index in [-0.39, 0.29) is 5.69 Å². The van der Waals surface area contributed by atoms with Gasteiger partial charge in [-0.15, -0.1) is 0 Å². The van der Waals surface area contributed by atoms with E-state index in [9.17, 15) is 4.79 Å². The van der Waals surface area contributed by atoms with E-state index < -0.39 is 5.91 Å². The topological polar surface area (TPSA) is 56.0 Å². The van der Waals surface area contributed by atoms with Gasteiger partial charge in [0.25, 0.3) is 5.91 Å². The number of hydrogen-bond acceptors (Lipinski definition) is 2. The van der Waals surface area contributed by atoms with E-state index in [1.807, 2.05) is 0 Å². The molecule has 0 aliphatic carbocycles. The highest BCUT2D eigenvalue weighted by Gasteiger charge is 2.14. The van der Waals surface area contributed by atoms with Crippen LogP contribution in [0, 0.1) is 6.92 Å². The Balaban J connectivity index is 2.95. The fourth-order valence-electron chi connectivity index (χ4n) is 1.61. The second kappa shape index (κ2) is 4.33. The highest BCUT2D eigenvalue weighted by Crippen LogP contribution is 2.36. The lowest BCUT2D eigenvalue weighted by atomic mass is 10.1. The molecule has 1 amide bonds. The quantitative estimate of drug-likeness (QED) is 0.815. The zero-order valence-electron chi connectivity index (χ0n) is 8.72. The molecule has 0 saturated carbocycles. The number of primary amides is 1. The summed E-state index contributed by atoms with van der Waals surface area (Å²) in [4.78, 5) is 15.2. The average molecular weight is 290 g/mol. The molecule has 88 valence electrons. The molecule has 0 aliphatic rings. The normalized spacial score (nSPS) is 10.8. The van der Waals surface area contributed by atoms with Gasteiger partial charge in [-0.1, -0.05) is 34.8 Å². The minimum absolute atomic E-state index is 0.148. The maximum absolute atomic E-state index is 11.1. The van der Waals surface area contributed by atoms with Crippen molar-refractivity contribution >= 4 is 51.6 Å². The molecular formula is C11H7Cl3N2O. The average Bonchev–Trinajstić information content (AvgIpc) is 2.25. The van der Waals surface area contributed by atoms with Crippen LogP contribution >= 0.6 is 34.8 Å². The Morgan fingerprint density at radius 2 is 1.88 bits per heavy atom. The molecule has 1 aromatic heterocycles. The molecule has 17 heavy (non-hydrogen) atoms. The van der Waals surface area contributed by atoms with Crippen LogP contribution in [0.25, 0.3) is 10.9 Å². The number of aryl methyl sites for hydroxylation is 1. The number of rotatable bonds is 1. The lowest BCUT2D eigenvalue weighted by Gasteiger charge is -2.09. The van der Waals surface area contributed by atoms with Crippen molar-refractivity contribution in [2.24, 2.45) is 5.73 Å². The molecule has 0 spiro atoms. The van der Waals surface area contributed by atoms with Crippen molar-refractivity contribution in [2.75, 3.05) is 0 Å². The van der Waals surface area contributed by atoms with Crippen LogP contribution in [0.3, 0.4) is 0 Å². The van der Waals surface area contributed by atoms with Crippen molar-refractivity contribution in [3.63, 3.8) is 0 Å². The van der Waals surface area contributed by atoms with E-state index >= 15 is 0 Å². The van der Waals surface area contributed by atoms with Crippen LogP contribution in [-0.4, -0.2) is 10.9 Å². The SMILES string of the molecule is Cc1cc(C(N)=O)nc2c(Cl)cc(Cl)c(Cl)c12. The molecule has 1 aromatic carbocycles. The molecule has 0 bridgehead atoms. The van der Waals surface area contributed by atoms with Crippen molar-refractivity contribution < 1.29 is 4.79 Å². The number of aromatic nitrogens is 1. The van der Waals surface area contributed by atoms with Gasteiger partial charge in [-0.05, 0) is 24.6 Å². The van der Waals surface area contributed by atoms with Gasteiger partial charge in [0.1, 0.15) is 5.69 Å². The van der Waals surface area contributed by atoms with Crippen LogP contribution in [0.2, 0.25) is 15.1 Å². The first-order valence-electron chi connectivity index (χ1n) is 4.66. The number of nitrogens with two attached hydrogens (primary N) is 1. The van der Waals surface area contributed by atoms with Crippen LogP contribution in [0.5, 0.6) is 0 Å². The molecule has 0 atom stereocenters. The van der Waals surface area contributed by atoms with E-state index in [4.69, 9.17) is 40.5 Å². The van der Waals surface area contributed by atoms with Crippen molar-refractivity contribution in [1.29, 1.82) is 0 Å². The summed E-state index contributed by atoms with van der Waals surface area (Å²) < 4.78 is 0. The maximum atomic E-state index is 11.1. The number of pyridine rings is 1. The molecule has 6 heteroatoms. The number of benzene rings is 1. The van der Waals surface area contributed by atoms with E-state index in [0.29, 0.717) is 26.0 Å². The number of fused-ring (bicyclic) bond motifs is 1. The van der Waals surface area contributed by atoms with Gasteiger partial charge < -0.3 is 5.73 Å². The van der Waals surface area contributed by atoms with Gasteiger partial charge in [0, 0.05) is 5.39 Å². The predicted molar refractivity (Wildman–Crippen MR) is 70.0 cm³/mol.